The van der Waals surface area contributed by atoms with E-state index in [0.717, 1.165) is 56.4 Å². The third-order valence-corrected chi connectivity index (χ3v) is 6.08. The van der Waals surface area contributed by atoms with Crippen LogP contribution in [0.1, 0.15) is 31.7 Å². The highest BCUT2D eigenvalue weighted by molar-refractivity contribution is 6.30. The van der Waals surface area contributed by atoms with Gasteiger partial charge in [-0.2, -0.15) is 0 Å². The number of halogens is 1. The van der Waals surface area contributed by atoms with Gasteiger partial charge in [0, 0.05) is 36.7 Å². The molecule has 0 radical (unpaired) electrons. The zero-order chi connectivity index (χ0) is 18.8. The van der Waals surface area contributed by atoms with E-state index in [-0.39, 0.29) is 6.10 Å². The smallest absolute Gasteiger partial charge is 0.135 e. The largest absolute Gasteiger partial charge is 0.385 e. The summed E-state index contributed by atoms with van der Waals surface area (Å²) in [4.78, 5) is 5.03. The molecule has 7 heteroatoms. The third kappa shape index (κ3) is 4.45. The Morgan fingerprint density at radius 2 is 1.93 bits per heavy atom. The second-order valence-corrected chi connectivity index (χ2v) is 8.26. The van der Waals surface area contributed by atoms with Crippen LogP contribution < -0.4 is 5.73 Å². The summed E-state index contributed by atoms with van der Waals surface area (Å²) in [6, 6.07) is 9.21. The summed E-state index contributed by atoms with van der Waals surface area (Å²) in [7, 11) is 0. The Morgan fingerprint density at radius 3 is 2.59 bits per heavy atom. The highest BCUT2D eigenvalue weighted by Crippen LogP contribution is 2.26. The van der Waals surface area contributed by atoms with Crippen LogP contribution in [-0.4, -0.2) is 65.9 Å². The molecule has 3 aliphatic heterocycles. The van der Waals surface area contributed by atoms with Crippen LogP contribution in [0.4, 0.5) is 0 Å². The summed E-state index contributed by atoms with van der Waals surface area (Å²) in [5, 5.41) is 9.00. The molecule has 1 aromatic carbocycles. The van der Waals surface area contributed by atoms with Gasteiger partial charge in [0.25, 0.3) is 0 Å². The molecule has 0 saturated carbocycles. The van der Waals surface area contributed by atoms with Gasteiger partial charge in [-0.1, -0.05) is 23.7 Å². The molecule has 0 aromatic heterocycles. The first kappa shape index (κ1) is 18.7. The maximum Gasteiger partial charge on any atom is 0.135 e. The van der Waals surface area contributed by atoms with E-state index in [1.54, 1.807) is 0 Å². The summed E-state index contributed by atoms with van der Waals surface area (Å²) in [5.41, 5.74) is 7.09. The Kier molecular flexibility index (Phi) is 5.66. The van der Waals surface area contributed by atoms with E-state index < -0.39 is 0 Å². The van der Waals surface area contributed by atoms with Crippen LogP contribution in [0.25, 0.3) is 0 Å². The molecule has 146 valence electrons. The van der Waals surface area contributed by atoms with Crippen molar-refractivity contribution in [3.8, 4) is 0 Å². The minimum Gasteiger partial charge on any atom is -0.385 e. The third-order valence-electron chi connectivity index (χ3n) is 5.83. The molecule has 3 heterocycles. The van der Waals surface area contributed by atoms with Gasteiger partial charge in [0.15, 0.2) is 0 Å². The lowest BCUT2D eigenvalue weighted by Crippen LogP contribution is -2.57. The van der Waals surface area contributed by atoms with Gasteiger partial charge < -0.3 is 15.4 Å². The van der Waals surface area contributed by atoms with E-state index in [2.05, 4.69) is 39.1 Å². The van der Waals surface area contributed by atoms with Gasteiger partial charge in [0.05, 0.1) is 19.1 Å². The Balaban J connectivity index is 1.38. The number of piperidine rings is 1. The molecule has 6 nitrogen and oxygen atoms in total. The predicted molar refractivity (Wildman–Crippen MR) is 109 cm³/mol. The number of hydrogen-bond donors (Lipinski definition) is 1. The molecule has 1 unspecified atom stereocenters. The summed E-state index contributed by atoms with van der Waals surface area (Å²) in [6.45, 7) is 6.01. The average Bonchev–Trinajstić information content (AvgIpc) is 3.11. The number of amidine groups is 2. The van der Waals surface area contributed by atoms with Crippen LogP contribution in [-0.2, 0) is 11.2 Å². The van der Waals surface area contributed by atoms with Crippen molar-refractivity contribution in [1.29, 1.82) is 0 Å². The normalized spacial score (nSPS) is 27.6. The van der Waals surface area contributed by atoms with Crippen LogP contribution in [0.2, 0.25) is 5.02 Å². The van der Waals surface area contributed by atoms with Crippen molar-refractivity contribution in [1.82, 2.24) is 9.80 Å². The van der Waals surface area contributed by atoms with Gasteiger partial charge in [-0.3, -0.25) is 4.90 Å². The molecule has 1 aromatic rings. The highest BCUT2D eigenvalue weighted by atomic mass is 35.5. The molecule has 4 rings (SSSR count). The summed E-state index contributed by atoms with van der Waals surface area (Å²) in [5.74, 6) is 1.65. The van der Waals surface area contributed by atoms with Gasteiger partial charge >= 0.3 is 0 Å². The maximum atomic E-state index is 6.04. The van der Waals surface area contributed by atoms with E-state index in [0.29, 0.717) is 24.3 Å². The van der Waals surface area contributed by atoms with E-state index in [1.807, 2.05) is 12.1 Å². The van der Waals surface area contributed by atoms with E-state index in [1.165, 1.54) is 5.56 Å². The number of hydrogen-bond acceptors (Lipinski definition) is 6. The first-order valence-corrected chi connectivity index (χ1v) is 10.2. The maximum absolute atomic E-state index is 6.04. The molecular weight excluding hydrogens is 362 g/mol. The molecule has 0 spiro atoms. The van der Waals surface area contributed by atoms with Crippen molar-refractivity contribution in [2.45, 2.75) is 50.8 Å². The monoisotopic (exact) mass is 389 g/mol. The molecule has 2 fully saturated rings. The van der Waals surface area contributed by atoms with Crippen LogP contribution >= 0.6 is 11.6 Å². The molecule has 2 saturated heterocycles. The van der Waals surface area contributed by atoms with Crippen molar-refractivity contribution in [2.75, 3.05) is 26.2 Å². The molecule has 0 aliphatic carbocycles. The van der Waals surface area contributed by atoms with Gasteiger partial charge in [-0.05, 0) is 43.9 Å². The highest BCUT2D eigenvalue weighted by Gasteiger charge is 2.35. The molecular formula is C20H28ClN5O. The zero-order valence-corrected chi connectivity index (χ0v) is 16.6. The van der Waals surface area contributed by atoms with Gasteiger partial charge in [-0.15, -0.1) is 10.2 Å². The van der Waals surface area contributed by atoms with Gasteiger partial charge in [-0.25, -0.2) is 0 Å². The zero-order valence-electron chi connectivity index (χ0n) is 15.9. The minimum absolute atomic E-state index is 0.289. The van der Waals surface area contributed by atoms with Crippen LogP contribution in [0.3, 0.4) is 0 Å². The fraction of sp³-hybridized carbons (Fsp3) is 0.600. The molecule has 27 heavy (non-hydrogen) atoms. The molecule has 2 atom stereocenters. The Labute approximate surface area is 166 Å². The SMILES string of the molecule is C[C@H]1CN(C2CCN(C3=NN=C(N)C3)CC2)C(Cc2ccc(Cl)cc2)CO1. The second-order valence-electron chi connectivity index (χ2n) is 7.83. The number of nitrogens with zero attached hydrogens (tertiary/aromatic N) is 4. The summed E-state index contributed by atoms with van der Waals surface area (Å²) in [6.07, 6.45) is 4.27. The number of benzene rings is 1. The van der Waals surface area contributed by atoms with Crippen molar-refractivity contribution in [2.24, 2.45) is 15.9 Å². The lowest BCUT2D eigenvalue weighted by Gasteiger charge is -2.46. The Morgan fingerprint density at radius 1 is 1.19 bits per heavy atom. The minimum atomic E-state index is 0.289. The number of ether oxygens (including phenoxy) is 1. The van der Waals surface area contributed by atoms with Crippen molar-refractivity contribution < 1.29 is 4.74 Å². The number of morpholine rings is 1. The molecule has 0 amide bonds. The first-order chi connectivity index (χ1) is 13.1. The lowest BCUT2D eigenvalue weighted by atomic mass is 9.96. The molecule has 2 N–H and O–H groups in total. The van der Waals surface area contributed by atoms with Gasteiger partial charge in [0.1, 0.15) is 11.7 Å². The molecule has 0 bridgehead atoms. The summed E-state index contributed by atoms with van der Waals surface area (Å²) >= 11 is 6.04. The van der Waals surface area contributed by atoms with Crippen LogP contribution in [0.5, 0.6) is 0 Å². The first-order valence-electron chi connectivity index (χ1n) is 9.84. The van der Waals surface area contributed by atoms with E-state index >= 15 is 0 Å². The van der Waals surface area contributed by atoms with E-state index in [4.69, 9.17) is 22.1 Å². The van der Waals surface area contributed by atoms with Crippen molar-refractivity contribution in [3.63, 3.8) is 0 Å². The van der Waals surface area contributed by atoms with Crippen LogP contribution in [0.15, 0.2) is 34.5 Å². The Bertz CT molecular complexity index is 712. The van der Waals surface area contributed by atoms with Crippen LogP contribution in [0, 0.1) is 0 Å². The second kappa shape index (κ2) is 8.17. The fourth-order valence-electron chi connectivity index (χ4n) is 4.37. The number of likely N-dealkylation sites (tertiary alicyclic amines) is 1. The fourth-order valence-corrected chi connectivity index (χ4v) is 4.50. The predicted octanol–water partition coefficient (Wildman–Crippen LogP) is 2.51. The summed E-state index contributed by atoms with van der Waals surface area (Å²) < 4.78 is 6.00. The van der Waals surface area contributed by atoms with E-state index in [9.17, 15) is 0 Å². The topological polar surface area (TPSA) is 66.5 Å². The average molecular weight is 390 g/mol. The van der Waals surface area contributed by atoms with Gasteiger partial charge in [0.2, 0.25) is 0 Å². The molecule has 3 aliphatic rings. The number of rotatable bonds is 3. The Hall–Kier alpha value is -1.63. The standard InChI is InChI=1S/C20H28ClN5O/c1-14-12-26(18(13-27-14)10-15-2-4-16(21)5-3-15)17-6-8-25(9-7-17)20-11-19(22)23-24-20/h2-5,14,17-18H,6-13H2,1H3,(H2,22,23)/t14-,18?/m0/s1. The van der Waals surface area contributed by atoms with Crippen molar-refractivity contribution >= 4 is 23.3 Å². The van der Waals surface area contributed by atoms with Crippen molar-refractivity contribution in [3.05, 3.63) is 34.9 Å². The quantitative estimate of drug-likeness (QED) is 0.862. The number of nitrogens with two attached hydrogens (primary N) is 1. The lowest BCUT2D eigenvalue weighted by molar-refractivity contribution is -0.0777.